The van der Waals surface area contributed by atoms with Crippen molar-refractivity contribution in [2.45, 2.75) is 47.1 Å². The Kier molecular flexibility index (Phi) is 7.45. The third-order valence-electron chi connectivity index (χ3n) is 6.97. The zero-order valence-electron chi connectivity index (χ0n) is 20.2. The molecule has 1 aromatic heterocycles. The molecule has 1 aliphatic rings. The molecule has 5 nitrogen and oxygen atoms in total. The molecule has 0 unspecified atom stereocenters. The van der Waals surface area contributed by atoms with Crippen LogP contribution in [-0.2, 0) is 31.6 Å². The molecule has 14 heteroatoms. The zero-order chi connectivity index (χ0) is 29.6. The fourth-order valence-electron chi connectivity index (χ4n) is 4.70. The first kappa shape index (κ1) is 29.4. The molecule has 0 atom stereocenters. The number of nitrogens with one attached hydrogen (secondary N) is 1. The van der Waals surface area contributed by atoms with Crippen LogP contribution in [0, 0.1) is 11.7 Å². The van der Waals surface area contributed by atoms with Crippen LogP contribution in [0.4, 0.5) is 35.1 Å². The Balaban J connectivity index is 1.69. The molecule has 214 valence electrons. The van der Waals surface area contributed by atoms with Crippen molar-refractivity contribution in [2.24, 2.45) is 5.92 Å². The van der Waals surface area contributed by atoms with Crippen molar-refractivity contribution in [1.82, 2.24) is 10.3 Å². The normalized spacial score (nSPS) is 20.1. The smallest absolute Gasteiger partial charge is 0.352 e. The summed E-state index contributed by atoms with van der Waals surface area (Å²) in [7, 11) is -4.47. The molecule has 1 saturated carbocycles. The molecule has 0 saturated heterocycles. The molecule has 0 radical (unpaired) electrons. The highest BCUT2D eigenvalue weighted by molar-refractivity contribution is 7.92. The number of benzene rings is 2. The Morgan fingerprint density at radius 1 is 0.850 bits per heavy atom. The molecule has 1 amide bonds. The number of hydrogen-bond acceptors (Lipinski definition) is 4. The summed E-state index contributed by atoms with van der Waals surface area (Å²) in [5.41, 5.74) is -7.02. The second-order valence-corrected chi connectivity index (χ2v) is 11.6. The van der Waals surface area contributed by atoms with E-state index in [0.29, 0.717) is 17.7 Å². The maximum atomic E-state index is 14.5. The van der Waals surface area contributed by atoms with Gasteiger partial charge in [0.15, 0.2) is 9.84 Å². The van der Waals surface area contributed by atoms with Crippen molar-refractivity contribution < 1.29 is 48.3 Å². The lowest BCUT2D eigenvalue weighted by atomic mass is 9.69. The lowest BCUT2D eigenvalue weighted by Crippen LogP contribution is -2.52. The minimum atomic E-state index is -6.35. The van der Waals surface area contributed by atoms with Gasteiger partial charge in [-0.3, -0.25) is 9.78 Å². The molecule has 1 aliphatic carbocycles. The van der Waals surface area contributed by atoms with E-state index in [4.69, 9.17) is 0 Å². The van der Waals surface area contributed by atoms with Crippen LogP contribution < -0.4 is 5.32 Å². The molecule has 1 N–H and O–H groups in total. The fraction of sp³-hybridized carbons (Fsp3) is 0.308. The van der Waals surface area contributed by atoms with E-state index < -0.39 is 55.8 Å². The van der Waals surface area contributed by atoms with Gasteiger partial charge >= 0.3 is 18.0 Å². The molecular formula is C26H20F8N2O3S. The van der Waals surface area contributed by atoms with Crippen molar-refractivity contribution in [3.63, 3.8) is 0 Å². The average Bonchev–Trinajstić information content (AvgIpc) is 2.86. The number of pyridine rings is 1. The maximum absolute atomic E-state index is 14.5. The lowest BCUT2D eigenvalue weighted by molar-refractivity contribution is -0.348. The van der Waals surface area contributed by atoms with Gasteiger partial charge in [-0.1, -0.05) is 24.3 Å². The van der Waals surface area contributed by atoms with Gasteiger partial charge in [0.1, 0.15) is 10.6 Å². The molecule has 0 bridgehead atoms. The molecule has 1 heterocycles. The van der Waals surface area contributed by atoms with Crippen LogP contribution in [0.5, 0.6) is 0 Å². The van der Waals surface area contributed by atoms with E-state index in [1.165, 1.54) is 12.4 Å². The number of sulfone groups is 1. The van der Waals surface area contributed by atoms with Crippen LogP contribution in [0.25, 0.3) is 0 Å². The topological polar surface area (TPSA) is 76.1 Å². The van der Waals surface area contributed by atoms with Gasteiger partial charge in [-0.05, 0) is 60.4 Å². The van der Waals surface area contributed by atoms with Crippen molar-refractivity contribution in [3.8, 4) is 0 Å². The second-order valence-electron chi connectivity index (χ2n) is 9.36. The Morgan fingerprint density at radius 3 is 1.88 bits per heavy atom. The van der Waals surface area contributed by atoms with Crippen LogP contribution in [0.1, 0.15) is 29.5 Å². The maximum Gasteiger partial charge on any atom is 0.435 e. The number of amides is 1. The summed E-state index contributed by atoms with van der Waals surface area (Å²) in [6, 6.07) is 8.73. The van der Waals surface area contributed by atoms with E-state index in [1.807, 2.05) is 0 Å². The summed E-state index contributed by atoms with van der Waals surface area (Å²) in [5, 5.41) is 2.64. The van der Waals surface area contributed by atoms with Crippen LogP contribution >= 0.6 is 0 Å². The van der Waals surface area contributed by atoms with E-state index >= 15 is 0 Å². The first-order chi connectivity index (χ1) is 18.5. The van der Waals surface area contributed by atoms with Crippen molar-refractivity contribution in [2.75, 3.05) is 0 Å². The van der Waals surface area contributed by atoms with Crippen molar-refractivity contribution in [1.29, 1.82) is 0 Å². The monoisotopic (exact) mass is 592 g/mol. The van der Waals surface area contributed by atoms with E-state index in [1.54, 1.807) is 12.1 Å². The van der Waals surface area contributed by atoms with Crippen LogP contribution in [-0.4, -0.2) is 31.7 Å². The van der Waals surface area contributed by atoms with Gasteiger partial charge in [0.25, 0.3) is 0 Å². The summed E-state index contributed by atoms with van der Waals surface area (Å²) < 4.78 is 133. The number of halogens is 8. The van der Waals surface area contributed by atoms with Crippen molar-refractivity contribution in [3.05, 3.63) is 95.6 Å². The van der Waals surface area contributed by atoms with Gasteiger partial charge in [0, 0.05) is 30.4 Å². The SMILES string of the molecule is O=C(NCc1ccncc1)[C@H]1C[C@@](c2ccc(C(F)(C(F)(F)F)C(F)(F)F)cc2)(S(=O)(=O)c2ccc(F)cc2)C1. The number of nitrogens with zero attached hydrogens (tertiary/aromatic N) is 1. The molecule has 1 fully saturated rings. The molecule has 0 aliphatic heterocycles. The number of aromatic nitrogens is 1. The largest absolute Gasteiger partial charge is 0.435 e. The molecule has 2 aromatic carbocycles. The van der Waals surface area contributed by atoms with Gasteiger partial charge in [-0.2, -0.15) is 26.3 Å². The van der Waals surface area contributed by atoms with Gasteiger partial charge in [-0.25, -0.2) is 17.2 Å². The van der Waals surface area contributed by atoms with Gasteiger partial charge in [0.2, 0.25) is 5.91 Å². The zero-order valence-corrected chi connectivity index (χ0v) is 21.0. The molecule has 0 spiro atoms. The Bertz CT molecular complexity index is 1450. The molecule has 40 heavy (non-hydrogen) atoms. The summed E-state index contributed by atoms with van der Waals surface area (Å²) >= 11 is 0. The quantitative estimate of drug-likeness (QED) is 0.274. The number of carbonyl (C=O) groups is 1. The Hall–Kier alpha value is -3.55. The number of hydrogen-bond donors (Lipinski definition) is 1. The summed E-state index contributed by atoms with van der Waals surface area (Å²) in [6.45, 7) is 0.0950. The number of carbonyl (C=O) groups excluding carboxylic acids is 1. The van der Waals surface area contributed by atoms with Crippen LogP contribution in [0.15, 0.2) is 78.0 Å². The molecule has 4 rings (SSSR count). The first-order valence-corrected chi connectivity index (χ1v) is 13.1. The van der Waals surface area contributed by atoms with E-state index in [0.717, 1.165) is 24.3 Å². The summed E-state index contributed by atoms with van der Waals surface area (Å²) in [6.07, 6.45) is -10.5. The fourth-order valence-corrected chi connectivity index (χ4v) is 6.93. The van der Waals surface area contributed by atoms with E-state index in [2.05, 4.69) is 10.3 Å². The second kappa shape index (κ2) is 10.1. The minimum absolute atomic E-state index is 0.0950. The lowest BCUT2D eigenvalue weighted by Gasteiger charge is -2.46. The third-order valence-corrected chi connectivity index (χ3v) is 9.46. The Morgan fingerprint density at radius 2 is 1.38 bits per heavy atom. The Labute approximate surface area is 223 Å². The third kappa shape index (κ3) is 4.93. The molecule has 3 aromatic rings. The van der Waals surface area contributed by atoms with Crippen LogP contribution in [0.2, 0.25) is 0 Å². The van der Waals surface area contributed by atoms with Gasteiger partial charge in [0.05, 0.1) is 4.90 Å². The summed E-state index contributed by atoms with van der Waals surface area (Å²) in [4.78, 5) is 16.2. The summed E-state index contributed by atoms with van der Waals surface area (Å²) in [5.74, 6) is -2.17. The van der Waals surface area contributed by atoms with E-state index in [9.17, 15) is 48.3 Å². The predicted octanol–water partition coefficient (Wildman–Crippen LogP) is 5.91. The van der Waals surface area contributed by atoms with Gasteiger partial charge < -0.3 is 5.32 Å². The highest BCUT2D eigenvalue weighted by atomic mass is 32.2. The highest BCUT2D eigenvalue weighted by Crippen LogP contribution is 2.56. The average molecular weight is 593 g/mol. The number of rotatable bonds is 7. The molecular weight excluding hydrogens is 572 g/mol. The highest BCUT2D eigenvalue weighted by Gasteiger charge is 2.73. The van der Waals surface area contributed by atoms with Gasteiger partial charge in [-0.15, -0.1) is 0 Å². The van der Waals surface area contributed by atoms with E-state index in [-0.39, 0.29) is 42.0 Å². The predicted molar refractivity (Wildman–Crippen MR) is 125 cm³/mol. The van der Waals surface area contributed by atoms with Crippen LogP contribution in [0.3, 0.4) is 0 Å². The first-order valence-electron chi connectivity index (χ1n) is 11.6. The minimum Gasteiger partial charge on any atom is -0.352 e. The number of alkyl halides is 7. The standard InChI is InChI=1S/C26H20F8N2O3S/c27-20-5-7-21(8-6-20)40(38,39)23(13-17(14-23)22(37)36-15-16-9-11-35-12-10-16)18-1-3-19(4-2-18)24(28,25(29,30)31)26(32,33)34/h1-12,17H,13-15H2,(H,36,37)/t17-,23+. The van der Waals surface area contributed by atoms with Crippen molar-refractivity contribution >= 4 is 15.7 Å².